The first kappa shape index (κ1) is 15.1. The maximum absolute atomic E-state index is 6.51. The fourth-order valence-electron chi connectivity index (χ4n) is 3.03. The summed E-state index contributed by atoms with van der Waals surface area (Å²) >= 11 is 6.51. The normalized spacial score (nSPS) is 26.1. The van der Waals surface area contributed by atoms with Gasteiger partial charge in [-0.05, 0) is 42.9 Å². The number of hydrogen-bond donors (Lipinski definition) is 1. The molecule has 0 radical (unpaired) electrons. The lowest BCUT2D eigenvalue weighted by Gasteiger charge is -2.38. The topological polar surface area (TPSA) is 24.5 Å². The highest BCUT2D eigenvalue weighted by atomic mass is 35.5. The van der Waals surface area contributed by atoms with Crippen LogP contribution in [0.2, 0.25) is 5.02 Å². The molecule has 0 bridgehead atoms. The van der Waals surface area contributed by atoms with Crippen molar-refractivity contribution in [3.63, 3.8) is 0 Å². The highest BCUT2D eigenvalue weighted by Crippen LogP contribution is 2.31. The Morgan fingerprint density at radius 1 is 1.33 bits per heavy atom. The van der Waals surface area contributed by atoms with Crippen molar-refractivity contribution in [3.8, 4) is 0 Å². The molecule has 1 aliphatic heterocycles. The van der Waals surface area contributed by atoms with Crippen molar-refractivity contribution in [1.82, 2.24) is 5.32 Å². The van der Waals surface area contributed by atoms with Crippen LogP contribution in [0.25, 0.3) is 0 Å². The first-order chi connectivity index (χ1) is 10.2. The van der Waals surface area contributed by atoms with Gasteiger partial charge in [0.15, 0.2) is 0 Å². The molecule has 1 N–H and O–H groups in total. The van der Waals surface area contributed by atoms with Gasteiger partial charge in [-0.15, -0.1) is 0 Å². The largest absolute Gasteiger partial charge is 0.379 e. The summed E-state index contributed by atoms with van der Waals surface area (Å²) in [5.41, 5.74) is 2.41. The molecule has 3 nitrogen and oxygen atoms in total. The van der Waals surface area contributed by atoms with Gasteiger partial charge in [0.25, 0.3) is 0 Å². The fraction of sp³-hybridized carbons (Fsp3) is 0.647. The van der Waals surface area contributed by atoms with Gasteiger partial charge in [0, 0.05) is 32.8 Å². The van der Waals surface area contributed by atoms with E-state index in [2.05, 4.69) is 35.3 Å². The smallest absolute Gasteiger partial charge is 0.0772 e. The minimum atomic E-state index is 0.297. The molecule has 4 heteroatoms. The third-order valence-electron chi connectivity index (χ3n) is 4.72. The second-order valence-electron chi connectivity index (χ2n) is 6.43. The molecule has 1 aromatic rings. The van der Waals surface area contributed by atoms with E-state index in [-0.39, 0.29) is 0 Å². The lowest BCUT2D eigenvalue weighted by molar-refractivity contribution is 0.0498. The maximum atomic E-state index is 6.51. The van der Waals surface area contributed by atoms with E-state index in [4.69, 9.17) is 16.3 Å². The summed E-state index contributed by atoms with van der Waals surface area (Å²) in [5, 5.41) is 4.38. The molecule has 0 amide bonds. The number of methoxy groups -OCH3 is 1. The zero-order valence-electron chi connectivity index (χ0n) is 12.9. The Bertz CT molecular complexity index is 490. The van der Waals surface area contributed by atoms with E-state index in [1.807, 2.05) is 0 Å². The Hall–Kier alpha value is -0.770. The van der Waals surface area contributed by atoms with Crippen LogP contribution in [0, 0.1) is 5.92 Å². The quantitative estimate of drug-likeness (QED) is 0.901. The second-order valence-corrected chi connectivity index (χ2v) is 6.83. The van der Waals surface area contributed by atoms with Crippen LogP contribution in [0.3, 0.4) is 0 Å². The third kappa shape index (κ3) is 3.71. The molecule has 0 spiro atoms. The number of benzene rings is 1. The molecule has 2 unspecified atom stereocenters. The Labute approximate surface area is 132 Å². The molecule has 1 aromatic carbocycles. The number of anilines is 1. The van der Waals surface area contributed by atoms with E-state index in [0.29, 0.717) is 12.0 Å². The Balaban J connectivity index is 1.66. The summed E-state index contributed by atoms with van der Waals surface area (Å²) in [6, 6.07) is 7.19. The van der Waals surface area contributed by atoms with Crippen molar-refractivity contribution in [1.29, 1.82) is 0 Å². The van der Waals surface area contributed by atoms with Gasteiger partial charge in [-0.2, -0.15) is 0 Å². The molecular formula is C17H25ClN2O. The predicted octanol–water partition coefficient (Wildman–Crippen LogP) is 3.45. The van der Waals surface area contributed by atoms with Gasteiger partial charge in [-0.25, -0.2) is 0 Å². The van der Waals surface area contributed by atoms with Crippen LogP contribution in [0.4, 0.5) is 5.69 Å². The molecule has 2 aliphatic rings. The minimum absolute atomic E-state index is 0.297. The number of hydrogen-bond acceptors (Lipinski definition) is 3. The molecule has 1 saturated heterocycles. The van der Waals surface area contributed by atoms with Crippen molar-refractivity contribution in [2.45, 2.75) is 44.9 Å². The summed E-state index contributed by atoms with van der Waals surface area (Å²) < 4.78 is 5.60. The maximum Gasteiger partial charge on any atom is 0.0772 e. The molecule has 1 heterocycles. The molecular weight excluding hydrogens is 284 g/mol. The van der Waals surface area contributed by atoms with Gasteiger partial charge in [-0.3, -0.25) is 0 Å². The number of piperidine rings is 1. The lowest BCUT2D eigenvalue weighted by atomic mass is 9.95. The average molecular weight is 309 g/mol. The Morgan fingerprint density at radius 2 is 2.14 bits per heavy atom. The van der Waals surface area contributed by atoms with Crippen LogP contribution in [-0.4, -0.2) is 32.3 Å². The number of rotatable bonds is 5. The third-order valence-corrected chi connectivity index (χ3v) is 5.02. The molecule has 1 saturated carbocycles. The van der Waals surface area contributed by atoms with Gasteiger partial charge in [0.05, 0.1) is 16.8 Å². The van der Waals surface area contributed by atoms with Gasteiger partial charge < -0.3 is 15.0 Å². The summed E-state index contributed by atoms with van der Waals surface area (Å²) in [6.07, 6.45) is 4.08. The van der Waals surface area contributed by atoms with Crippen LogP contribution < -0.4 is 10.2 Å². The SMILES string of the molecule is COC1CN(c2ccc(CNC3CC3)cc2Cl)CCC1C. The first-order valence-corrected chi connectivity index (χ1v) is 8.34. The van der Waals surface area contributed by atoms with Crippen LogP contribution in [0.5, 0.6) is 0 Å². The number of nitrogens with one attached hydrogen (secondary N) is 1. The summed E-state index contributed by atoms with van der Waals surface area (Å²) in [4.78, 5) is 2.36. The van der Waals surface area contributed by atoms with Crippen LogP contribution >= 0.6 is 11.6 Å². The van der Waals surface area contributed by atoms with Crippen molar-refractivity contribution in [2.24, 2.45) is 5.92 Å². The zero-order valence-corrected chi connectivity index (χ0v) is 13.7. The van der Waals surface area contributed by atoms with E-state index < -0.39 is 0 Å². The summed E-state index contributed by atoms with van der Waals surface area (Å²) in [5.74, 6) is 0.618. The van der Waals surface area contributed by atoms with Gasteiger partial charge in [0.1, 0.15) is 0 Å². The average Bonchev–Trinajstić information content (AvgIpc) is 3.30. The van der Waals surface area contributed by atoms with Gasteiger partial charge in [0.2, 0.25) is 0 Å². The second kappa shape index (κ2) is 6.55. The van der Waals surface area contributed by atoms with Gasteiger partial charge in [-0.1, -0.05) is 24.6 Å². The molecule has 2 fully saturated rings. The Kier molecular flexibility index (Phi) is 4.72. The van der Waals surface area contributed by atoms with Gasteiger partial charge >= 0.3 is 0 Å². The van der Waals surface area contributed by atoms with Crippen molar-refractivity contribution < 1.29 is 4.74 Å². The van der Waals surface area contributed by atoms with Crippen LogP contribution in [-0.2, 0) is 11.3 Å². The van der Waals surface area contributed by atoms with E-state index >= 15 is 0 Å². The number of ether oxygens (including phenoxy) is 1. The van der Waals surface area contributed by atoms with E-state index in [1.54, 1.807) is 7.11 Å². The number of halogens is 1. The highest BCUT2D eigenvalue weighted by molar-refractivity contribution is 6.33. The first-order valence-electron chi connectivity index (χ1n) is 7.97. The zero-order chi connectivity index (χ0) is 14.8. The molecule has 1 aliphatic carbocycles. The van der Waals surface area contributed by atoms with E-state index in [0.717, 1.165) is 42.8 Å². The standard InChI is InChI=1S/C17H25ClN2O/c1-12-7-8-20(11-17(12)21-2)16-6-3-13(9-15(16)18)10-19-14-4-5-14/h3,6,9,12,14,17,19H,4-5,7-8,10-11H2,1-2H3. The number of nitrogens with zero attached hydrogens (tertiary/aromatic N) is 1. The van der Waals surface area contributed by atoms with Crippen LogP contribution in [0.1, 0.15) is 31.7 Å². The summed E-state index contributed by atoms with van der Waals surface area (Å²) in [7, 11) is 1.80. The molecule has 116 valence electrons. The lowest BCUT2D eigenvalue weighted by Crippen LogP contribution is -2.44. The Morgan fingerprint density at radius 3 is 2.81 bits per heavy atom. The van der Waals surface area contributed by atoms with E-state index in [9.17, 15) is 0 Å². The molecule has 2 atom stereocenters. The summed E-state index contributed by atoms with van der Waals surface area (Å²) in [6.45, 7) is 5.17. The molecule has 3 rings (SSSR count). The fourth-order valence-corrected chi connectivity index (χ4v) is 3.35. The van der Waals surface area contributed by atoms with E-state index in [1.165, 1.54) is 18.4 Å². The van der Waals surface area contributed by atoms with Crippen molar-refractivity contribution in [2.75, 3.05) is 25.1 Å². The van der Waals surface area contributed by atoms with Crippen molar-refractivity contribution >= 4 is 17.3 Å². The molecule has 21 heavy (non-hydrogen) atoms. The molecule has 0 aromatic heterocycles. The monoisotopic (exact) mass is 308 g/mol. The van der Waals surface area contributed by atoms with Crippen molar-refractivity contribution in [3.05, 3.63) is 28.8 Å². The highest BCUT2D eigenvalue weighted by Gasteiger charge is 2.27. The van der Waals surface area contributed by atoms with Crippen LogP contribution in [0.15, 0.2) is 18.2 Å². The minimum Gasteiger partial charge on any atom is -0.379 e. The predicted molar refractivity (Wildman–Crippen MR) is 88.1 cm³/mol.